The van der Waals surface area contributed by atoms with E-state index in [1.807, 2.05) is 70.3 Å². The van der Waals surface area contributed by atoms with Crippen LogP contribution in [0.3, 0.4) is 0 Å². The molecule has 2 aliphatic heterocycles. The molecule has 7 rings (SSSR count). The van der Waals surface area contributed by atoms with Crippen molar-refractivity contribution in [3.8, 4) is 0 Å². The van der Waals surface area contributed by atoms with Crippen LogP contribution in [0.4, 0.5) is 26.7 Å². The number of likely N-dealkylation sites (tertiary alicyclic amines) is 2. The average molecular weight is 803 g/mol. The number of aromatic amines is 2. The van der Waals surface area contributed by atoms with Gasteiger partial charge in [-0.15, -0.1) is 0 Å². The molecule has 4 heterocycles. The van der Waals surface area contributed by atoms with Crippen LogP contribution in [0.1, 0.15) is 116 Å². The number of aromatic nitrogens is 2. The van der Waals surface area contributed by atoms with Gasteiger partial charge in [-0.25, -0.2) is 9.59 Å². The Morgan fingerprint density at radius 1 is 0.695 bits per heavy atom. The lowest BCUT2D eigenvalue weighted by Gasteiger charge is -2.36. The van der Waals surface area contributed by atoms with Gasteiger partial charge in [0.05, 0.1) is 0 Å². The first kappa shape index (κ1) is 43.8. The maximum absolute atomic E-state index is 13.1. The van der Waals surface area contributed by atoms with Crippen LogP contribution in [-0.2, 0) is 0 Å². The molecule has 2 fully saturated rings. The molecule has 0 radical (unpaired) electrons. The van der Waals surface area contributed by atoms with Crippen molar-refractivity contribution in [1.29, 1.82) is 0 Å². The molecule has 4 amide bonds. The zero-order valence-corrected chi connectivity index (χ0v) is 37.0. The van der Waals surface area contributed by atoms with Crippen LogP contribution >= 0.6 is 0 Å². The standard InChI is InChI=1S/C27H36N4O.C22H34N4O/c1-5-20(4)30-15-13-21(14-16-30)25-18-28-26-12-11-22(17-24(25)26)29-27(32)31(19(2)3)23-9-7-6-8-10-23;1-5-7-16(3)26-12-10-17(11-13-26)20-15-23-21-9-8-18(14-19(20)21)24-22(27)25(4)6-2/h6-12,17-21,28H,5,13-16H2,1-4H3,(H,29,32);8-9,14-17,23H,5-7,10-13H2,1-4H3,(H,24,27). The van der Waals surface area contributed by atoms with Crippen LogP contribution in [0.25, 0.3) is 21.8 Å². The number of fused-ring (bicyclic) bond motifs is 2. The summed E-state index contributed by atoms with van der Waals surface area (Å²) in [7, 11) is 1.81. The average Bonchev–Trinajstić information content (AvgIpc) is 3.88. The van der Waals surface area contributed by atoms with Crippen molar-refractivity contribution in [2.75, 3.05) is 55.3 Å². The molecule has 4 N–H and O–H groups in total. The van der Waals surface area contributed by atoms with Gasteiger partial charge in [0.2, 0.25) is 0 Å². The Kier molecular flexibility index (Phi) is 15.2. The molecule has 2 atom stereocenters. The maximum atomic E-state index is 13.1. The molecule has 2 aromatic heterocycles. The van der Waals surface area contributed by atoms with Gasteiger partial charge >= 0.3 is 12.1 Å². The second kappa shape index (κ2) is 20.4. The minimum atomic E-state index is -0.107. The second-order valence-electron chi connectivity index (χ2n) is 17.2. The predicted molar refractivity (Wildman–Crippen MR) is 248 cm³/mol. The fourth-order valence-electron chi connectivity index (χ4n) is 9.06. The topological polar surface area (TPSA) is 103 Å². The van der Waals surface area contributed by atoms with E-state index in [-0.39, 0.29) is 18.1 Å². The Morgan fingerprint density at radius 2 is 1.19 bits per heavy atom. The highest BCUT2D eigenvalue weighted by molar-refractivity contribution is 6.03. The van der Waals surface area contributed by atoms with Crippen LogP contribution in [0, 0.1) is 0 Å². The lowest BCUT2D eigenvalue weighted by molar-refractivity contribution is 0.155. The number of nitrogens with zero attached hydrogens (tertiary/aromatic N) is 4. The van der Waals surface area contributed by atoms with Gasteiger partial charge in [0, 0.05) is 83.0 Å². The highest BCUT2D eigenvalue weighted by atomic mass is 16.2. The normalized spacial score (nSPS) is 16.8. The van der Waals surface area contributed by atoms with Gasteiger partial charge in [-0.1, -0.05) is 38.5 Å². The highest BCUT2D eigenvalue weighted by Gasteiger charge is 2.27. The lowest BCUT2D eigenvalue weighted by Crippen LogP contribution is -2.40. The van der Waals surface area contributed by atoms with Crippen molar-refractivity contribution in [2.24, 2.45) is 0 Å². The smallest absolute Gasteiger partial charge is 0.326 e. The summed E-state index contributed by atoms with van der Waals surface area (Å²) in [5.74, 6) is 1.15. The third-order valence-corrected chi connectivity index (χ3v) is 13.0. The van der Waals surface area contributed by atoms with Gasteiger partial charge in [-0.05, 0) is 171 Å². The summed E-state index contributed by atoms with van der Waals surface area (Å²) in [5, 5.41) is 8.60. The minimum Gasteiger partial charge on any atom is -0.361 e. The third kappa shape index (κ3) is 10.7. The third-order valence-electron chi connectivity index (χ3n) is 13.0. The lowest BCUT2D eigenvalue weighted by atomic mass is 9.88. The van der Waals surface area contributed by atoms with Gasteiger partial charge in [0.25, 0.3) is 0 Å². The van der Waals surface area contributed by atoms with Crippen molar-refractivity contribution < 1.29 is 9.59 Å². The zero-order valence-electron chi connectivity index (χ0n) is 37.0. The number of para-hydroxylation sites is 1. The number of rotatable bonds is 12. The Hall–Kier alpha value is -4.80. The summed E-state index contributed by atoms with van der Waals surface area (Å²) in [6, 6.07) is 23.4. The summed E-state index contributed by atoms with van der Waals surface area (Å²) in [6.07, 6.45) is 12.9. The van der Waals surface area contributed by atoms with Gasteiger partial charge in [0.15, 0.2) is 0 Å². The Bertz CT molecular complexity index is 2090. The molecule has 5 aromatic rings. The zero-order chi connectivity index (χ0) is 42.1. The van der Waals surface area contributed by atoms with Crippen LogP contribution in [0.15, 0.2) is 79.1 Å². The number of amides is 4. The Labute approximate surface area is 353 Å². The number of hydrogen-bond donors (Lipinski definition) is 4. The van der Waals surface area contributed by atoms with Crippen LogP contribution in [-0.4, -0.2) is 94.6 Å². The van der Waals surface area contributed by atoms with E-state index in [0.29, 0.717) is 30.5 Å². The van der Waals surface area contributed by atoms with E-state index >= 15 is 0 Å². The van der Waals surface area contributed by atoms with E-state index in [4.69, 9.17) is 0 Å². The number of urea groups is 2. The molecule has 59 heavy (non-hydrogen) atoms. The van der Waals surface area contributed by atoms with Crippen molar-refractivity contribution in [1.82, 2.24) is 24.7 Å². The Morgan fingerprint density at radius 3 is 1.64 bits per heavy atom. The molecule has 10 nitrogen and oxygen atoms in total. The maximum Gasteiger partial charge on any atom is 0.326 e. The van der Waals surface area contributed by atoms with Crippen LogP contribution in [0.5, 0.6) is 0 Å². The van der Waals surface area contributed by atoms with Gasteiger partial charge < -0.3 is 35.3 Å². The fraction of sp³-hybridized carbons (Fsp3) is 0.510. The molecule has 3 aromatic carbocycles. The van der Waals surface area contributed by atoms with Gasteiger partial charge in [-0.3, -0.25) is 4.90 Å². The first-order valence-electron chi connectivity index (χ1n) is 22.4. The Balaban J connectivity index is 0.000000201. The number of H-pyrrole nitrogens is 2. The van der Waals surface area contributed by atoms with E-state index in [0.717, 1.165) is 41.2 Å². The van der Waals surface area contributed by atoms with Crippen molar-refractivity contribution in [3.05, 3.63) is 90.3 Å². The summed E-state index contributed by atoms with van der Waals surface area (Å²) in [5.41, 5.74) is 7.65. The quantitative estimate of drug-likeness (QED) is 0.101. The SMILES string of the molecule is CCC(C)N1CCC(c2c[nH]c3ccc(NC(=O)N(c4ccccc4)C(C)C)cc23)CC1.CCCC(C)N1CCC(c2c[nH]c3ccc(NC(=O)N(C)CC)cc23)CC1. The predicted octanol–water partition coefficient (Wildman–Crippen LogP) is 11.6. The van der Waals surface area contributed by atoms with E-state index in [1.54, 1.807) is 9.80 Å². The number of nitrogens with one attached hydrogen (secondary N) is 4. The molecule has 10 heteroatoms. The summed E-state index contributed by atoms with van der Waals surface area (Å²) < 4.78 is 0. The molecule has 2 unspecified atom stereocenters. The van der Waals surface area contributed by atoms with Crippen LogP contribution in [0.2, 0.25) is 0 Å². The first-order valence-corrected chi connectivity index (χ1v) is 22.4. The van der Waals surface area contributed by atoms with Crippen molar-refractivity contribution >= 4 is 50.9 Å². The molecule has 318 valence electrons. The molecular weight excluding hydrogens is 733 g/mol. The van der Waals surface area contributed by atoms with Crippen LogP contribution < -0.4 is 15.5 Å². The largest absolute Gasteiger partial charge is 0.361 e. The monoisotopic (exact) mass is 803 g/mol. The number of anilines is 3. The van der Waals surface area contributed by atoms with Crippen molar-refractivity contribution in [3.63, 3.8) is 0 Å². The van der Waals surface area contributed by atoms with E-state index in [9.17, 15) is 9.59 Å². The first-order chi connectivity index (χ1) is 28.5. The summed E-state index contributed by atoms with van der Waals surface area (Å²) in [4.78, 5) is 40.9. The van der Waals surface area contributed by atoms with E-state index in [2.05, 4.69) is 94.8 Å². The molecule has 2 saturated heterocycles. The second-order valence-corrected chi connectivity index (χ2v) is 17.2. The van der Waals surface area contributed by atoms with Crippen molar-refractivity contribution in [2.45, 2.75) is 123 Å². The van der Waals surface area contributed by atoms with Gasteiger partial charge in [-0.2, -0.15) is 0 Å². The van der Waals surface area contributed by atoms with E-state index < -0.39 is 0 Å². The van der Waals surface area contributed by atoms with Gasteiger partial charge in [0.1, 0.15) is 0 Å². The summed E-state index contributed by atoms with van der Waals surface area (Å²) in [6.45, 7) is 20.6. The minimum absolute atomic E-state index is 0.0552. The molecule has 0 spiro atoms. The number of carbonyl (C=O) groups excluding carboxylic acids is 2. The number of benzene rings is 3. The highest BCUT2D eigenvalue weighted by Crippen LogP contribution is 2.37. The fourth-order valence-corrected chi connectivity index (χ4v) is 9.06. The number of piperidine rings is 2. The van der Waals surface area contributed by atoms with E-state index in [1.165, 1.54) is 79.9 Å². The molecule has 2 aliphatic rings. The molecule has 0 aliphatic carbocycles. The molecule has 0 saturated carbocycles. The molecule has 0 bridgehead atoms. The molecular formula is C49H70N8O2. The number of hydrogen-bond acceptors (Lipinski definition) is 4. The summed E-state index contributed by atoms with van der Waals surface area (Å²) >= 11 is 0. The number of carbonyl (C=O) groups is 2.